The number of alkyl halides is 3. The van der Waals surface area contributed by atoms with Crippen LogP contribution in [0.1, 0.15) is 16.7 Å². The number of benzene rings is 2. The van der Waals surface area contributed by atoms with Crippen molar-refractivity contribution >= 4 is 12.6 Å². The van der Waals surface area contributed by atoms with Gasteiger partial charge in [0.25, 0.3) is 0 Å². The van der Waals surface area contributed by atoms with E-state index in [-0.39, 0.29) is 0 Å². The van der Waals surface area contributed by atoms with Crippen LogP contribution in [0.4, 0.5) is 13.2 Å². The first kappa shape index (κ1) is 13.0. The molecule has 0 amide bonds. The van der Waals surface area contributed by atoms with E-state index in [2.05, 4.69) is 12.6 Å². The second-order valence-corrected chi connectivity index (χ2v) is 4.49. The Labute approximate surface area is 109 Å². The van der Waals surface area contributed by atoms with Gasteiger partial charge >= 0.3 is 6.18 Å². The van der Waals surface area contributed by atoms with Crippen LogP contribution in [-0.2, 0) is 12.6 Å². The van der Waals surface area contributed by atoms with Crippen LogP contribution < -0.4 is 0 Å². The van der Waals surface area contributed by atoms with Gasteiger partial charge < -0.3 is 0 Å². The van der Waals surface area contributed by atoms with E-state index in [1.54, 1.807) is 6.07 Å². The summed E-state index contributed by atoms with van der Waals surface area (Å²) < 4.78 is 37.7. The Morgan fingerprint density at radius 3 is 2.33 bits per heavy atom. The number of rotatable bonds is 2. The summed E-state index contributed by atoms with van der Waals surface area (Å²) in [5.74, 6) is 0. The Kier molecular flexibility index (Phi) is 3.66. The molecule has 94 valence electrons. The Bertz CT molecular complexity index is 547. The van der Waals surface area contributed by atoms with E-state index >= 15 is 0 Å². The summed E-state index contributed by atoms with van der Waals surface area (Å²) >= 11 is 4.29. The predicted molar refractivity (Wildman–Crippen MR) is 67.9 cm³/mol. The minimum atomic E-state index is -4.30. The van der Waals surface area contributed by atoms with Crippen LogP contribution in [0.25, 0.3) is 0 Å². The van der Waals surface area contributed by atoms with E-state index in [1.165, 1.54) is 12.1 Å². The minimum Gasteiger partial charge on any atom is -0.166 e. The fourth-order valence-electron chi connectivity index (χ4n) is 1.74. The molecule has 4 heteroatoms. The first-order valence-corrected chi connectivity index (χ1v) is 5.84. The molecule has 0 spiro atoms. The van der Waals surface area contributed by atoms with Gasteiger partial charge in [0.15, 0.2) is 0 Å². The molecule has 0 heterocycles. The van der Waals surface area contributed by atoms with Crippen molar-refractivity contribution in [1.82, 2.24) is 0 Å². The summed E-state index contributed by atoms with van der Waals surface area (Å²) in [6.07, 6.45) is -3.85. The average Bonchev–Trinajstić information content (AvgIpc) is 2.31. The molecule has 0 fully saturated rings. The molecule has 2 aromatic carbocycles. The molecule has 18 heavy (non-hydrogen) atoms. The summed E-state index contributed by atoms with van der Waals surface area (Å²) in [5.41, 5.74) is 0.933. The van der Waals surface area contributed by atoms with E-state index < -0.39 is 11.7 Å². The van der Waals surface area contributed by atoms with Gasteiger partial charge in [-0.1, -0.05) is 36.4 Å². The topological polar surface area (TPSA) is 0 Å². The molecule has 0 bridgehead atoms. The molecule has 0 N–H and O–H groups in total. The molecule has 0 aliphatic rings. The lowest BCUT2D eigenvalue weighted by molar-refractivity contribution is -0.137. The first-order valence-electron chi connectivity index (χ1n) is 5.40. The molecule has 0 atom stereocenters. The highest BCUT2D eigenvalue weighted by molar-refractivity contribution is 7.80. The molecule has 0 aliphatic heterocycles. The van der Waals surface area contributed by atoms with E-state index in [0.29, 0.717) is 12.0 Å². The third-order valence-electron chi connectivity index (χ3n) is 2.64. The largest absolute Gasteiger partial charge is 0.416 e. The normalized spacial score (nSPS) is 11.6. The molecule has 0 aromatic heterocycles. The van der Waals surface area contributed by atoms with Crippen LogP contribution in [0, 0.1) is 0 Å². The van der Waals surface area contributed by atoms with Crippen molar-refractivity contribution in [3.8, 4) is 0 Å². The summed E-state index contributed by atoms with van der Waals surface area (Å²) in [6.45, 7) is 0. The number of hydrogen-bond acceptors (Lipinski definition) is 1. The minimum absolute atomic E-state index is 0.448. The molecule has 0 radical (unpaired) electrons. The van der Waals surface area contributed by atoms with Gasteiger partial charge in [-0.05, 0) is 29.7 Å². The van der Waals surface area contributed by atoms with Crippen LogP contribution in [0.3, 0.4) is 0 Å². The number of halogens is 3. The van der Waals surface area contributed by atoms with Gasteiger partial charge in [0.05, 0.1) is 5.56 Å². The Hall–Kier alpha value is -1.42. The SMILES string of the molecule is FC(F)(F)c1cccc(Cc2ccccc2S)c1. The lowest BCUT2D eigenvalue weighted by Crippen LogP contribution is -2.05. The van der Waals surface area contributed by atoms with Gasteiger partial charge in [-0.3, -0.25) is 0 Å². The second kappa shape index (κ2) is 5.06. The van der Waals surface area contributed by atoms with Crippen LogP contribution in [-0.4, -0.2) is 0 Å². The van der Waals surface area contributed by atoms with E-state index in [0.717, 1.165) is 16.5 Å². The van der Waals surface area contributed by atoms with Crippen molar-refractivity contribution < 1.29 is 13.2 Å². The maximum atomic E-state index is 12.6. The van der Waals surface area contributed by atoms with E-state index in [4.69, 9.17) is 0 Å². The molecule has 0 unspecified atom stereocenters. The summed E-state index contributed by atoms with van der Waals surface area (Å²) in [4.78, 5) is 0.787. The Morgan fingerprint density at radius 2 is 1.67 bits per heavy atom. The molecule has 2 aromatic rings. The van der Waals surface area contributed by atoms with Crippen molar-refractivity contribution in [2.75, 3.05) is 0 Å². The Morgan fingerprint density at radius 1 is 0.944 bits per heavy atom. The van der Waals surface area contributed by atoms with Gasteiger partial charge in [0.2, 0.25) is 0 Å². The molecular weight excluding hydrogens is 257 g/mol. The molecule has 0 saturated carbocycles. The average molecular weight is 268 g/mol. The quantitative estimate of drug-likeness (QED) is 0.757. The zero-order valence-corrected chi connectivity index (χ0v) is 10.3. The highest BCUT2D eigenvalue weighted by atomic mass is 32.1. The van der Waals surface area contributed by atoms with Crippen molar-refractivity contribution in [3.05, 3.63) is 65.2 Å². The summed E-state index contributed by atoms with van der Waals surface area (Å²) in [5, 5.41) is 0. The predicted octanol–water partition coefficient (Wildman–Crippen LogP) is 4.58. The molecule has 0 aliphatic carbocycles. The highest BCUT2D eigenvalue weighted by Crippen LogP contribution is 2.30. The maximum absolute atomic E-state index is 12.6. The van der Waals surface area contributed by atoms with Crippen LogP contribution in [0.5, 0.6) is 0 Å². The molecule has 0 nitrogen and oxygen atoms in total. The van der Waals surface area contributed by atoms with Gasteiger partial charge in [0, 0.05) is 4.90 Å². The van der Waals surface area contributed by atoms with Crippen molar-refractivity contribution in [2.45, 2.75) is 17.5 Å². The fourth-order valence-corrected chi connectivity index (χ4v) is 1.98. The molecular formula is C14H11F3S. The lowest BCUT2D eigenvalue weighted by Gasteiger charge is -2.09. The maximum Gasteiger partial charge on any atom is 0.416 e. The zero-order chi connectivity index (χ0) is 13.2. The van der Waals surface area contributed by atoms with Crippen molar-refractivity contribution in [3.63, 3.8) is 0 Å². The highest BCUT2D eigenvalue weighted by Gasteiger charge is 2.30. The molecule has 2 rings (SSSR count). The standard InChI is InChI=1S/C14H11F3S/c15-14(16,17)12-6-3-4-10(9-12)8-11-5-1-2-7-13(11)18/h1-7,9,18H,8H2. The van der Waals surface area contributed by atoms with Crippen LogP contribution >= 0.6 is 12.6 Å². The Balaban J connectivity index is 2.28. The molecule has 0 saturated heterocycles. The van der Waals surface area contributed by atoms with Gasteiger partial charge in [-0.15, -0.1) is 12.6 Å². The summed E-state index contributed by atoms with van der Waals surface area (Å²) in [6, 6.07) is 12.8. The van der Waals surface area contributed by atoms with Crippen LogP contribution in [0.15, 0.2) is 53.4 Å². The fraction of sp³-hybridized carbons (Fsp3) is 0.143. The van der Waals surface area contributed by atoms with Gasteiger partial charge in [-0.2, -0.15) is 13.2 Å². The van der Waals surface area contributed by atoms with Gasteiger partial charge in [0.1, 0.15) is 0 Å². The van der Waals surface area contributed by atoms with Crippen molar-refractivity contribution in [2.24, 2.45) is 0 Å². The second-order valence-electron chi connectivity index (χ2n) is 4.00. The lowest BCUT2D eigenvalue weighted by atomic mass is 10.0. The van der Waals surface area contributed by atoms with E-state index in [1.807, 2.05) is 24.3 Å². The summed E-state index contributed by atoms with van der Waals surface area (Å²) in [7, 11) is 0. The van der Waals surface area contributed by atoms with Crippen molar-refractivity contribution in [1.29, 1.82) is 0 Å². The third-order valence-corrected chi connectivity index (χ3v) is 3.08. The monoisotopic (exact) mass is 268 g/mol. The van der Waals surface area contributed by atoms with Crippen LogP contribution in [0.2, 0.25) is 0 Å². The third kappa shape index (κ3) is 3.07. The first-order chi connectivity index (χ1) is 8.47. The van der Waals surface area contributed by atoms with Gasteiger partial charge in [-0.25, -0.2) is 0 Å². The van der Waals surface area contributed by atoms with E-state index in [9.17, 15) is 13.2 Å². The smallest absolute Gasteiger partial charge is 0.166 e. The number of thiol groups is 1. The zero-order valence-electron chi connectivity index (χ0n) is 9.41. The number of hydrogen-bond donors (Lipinski definition) is 1.